The van der Waals surface area contributed by atoms with Crippen LogP contribution in [-0.4, -0.2) is 25.8 Å². The Morgan fingerprint density at radius 1 is 1.20 bits per heavy atom. The van der Waals surface area contributed by atoms with Crippen LogP contribution in [0.15, 0.2) is 0 Å². The summed E-state index contributed by atoms with van der Waals surface area (Å²) >= 11 is 0. The zero-order chi connectivity index (χ0) is 13.9. The third-order valence-electron chi connectivity index (χ3n) is 5.67. The van der Waals surface area contributed by atoms with Crippen LogP contribution < -0.4 is 0 Å². The first-order chi connectivity index (χ1) is 9.60. The Morgan fingerprint density at radius 2 is 1.80 bits per heavy atom. The van der Waals surface area contributed by atoms with E-state index in [1.54, 1.807) is 0 Å². The summed E-state index contributed by atoms with van der Waals surface area (Å²) in [5.41, 5.74) is 0. The van der Waals surface area contributed by atoms with E-state index in [1.165, 1.54) is 32.1 Å². The number of carbonyl (C=O) groups is 1. The van der Waals surface area contributed by atoms with E-state index in [2.05, 4.69) is 10.1 Å². The van der Waals surface area contributed by atoms with Gasteiger partial charge in [0.1, 0.15) is 12.2 Å². The van der Waals surface area contributed by atoms with Gasteiger partial charge in [-0.1, -0.05) is 0 Å². The van der Waals surface area contributed by atoms with Crippen LogP contribution in [0.3, 0.4) is 0 Å². The topological polar surface area (TPSA) is 68.0 Å². The van der Waals surface area contributed by atoms with Crippen LogP contribution >= 0.6 is 0 Å². The Hall–Kier alpha value is -1.39. The second-order valence-corrected chi connectivity index (χ2v) is 7.04. The molecule has 0 amide bonds. The number of hydrogen-bond donors (Lipinski definition) is 1. The third-order valence-corrected chi connectivity index (χ3v) is 5.67. The van der Waals surface area contributed by atoms with E-state index < -0.39 is 5.97 Å². The average Bonchev–Trinajstić information content (AvgIpc) is 2.68. The van der Waals surface area contributed by atoms with E-state index in [1.807, 2.05) is 11.7 Å². The highest BCUT2D eigenvalue weighted by atomic mass is 16.4. The van der Waals surface area contributed by atoms with E-state index in [4.69, 9.17) is 5.11 Å². The van der Waals surface area contributed by atoms with Gasteiger partial charge in [-0.25, -0.2) is 4.98 Å². The van der Waals surface area contributed by atoms with Crippen molar-refractivity contribution >= 4 is 5.97 Å². The van der Waals surface area contributed by atoms with Gasteiger partial charge in [-0.15, -0.1) is 0 Å². The lowest BCUT2D eigenvalue weighted by atomic mass is 9.51. The number of nitrogens with zero attached hydrogens (tertiary/aromatic N) is 3. The maximum atomic E-state index is 10.8. The lowest BCUT2D eigenvalue weighted by molar-refractivity contribution is -0.136. The SMILES string of the molecule is Cn1nc(CC(=O)O)nc1C1C2CC3CC(C2)CC1C3. The van der Waals surface area contributed by atoms with Crippen molar-refractivity contribution < 1.29 is 9.90 Å². The molecule has 5 heteroatoms. The molecule has 0 aliphatic heterocycles. The van der Waals surface area contributed by atoms with Crippen LogP contribution in [0.2, 0.25) is 0 Å². The minimum absolute atomic E-state index is 0.0683. The summed E-state index contributed by atoms with van der Waals surface area (Å²) in [7, 11) is 1.92. The maximum Gasteiger partial charge on any atom is 0.311 e. The first kappa shape index (κ1) is 12.4. The molecule has 0 aromatic carbocycles. The van der Waals surface area contributed by atoms with Crippen LogP contribution in [0.1, 0.15) is 49.7 Å². The first-order valence-electron chi connectivity index (χ1n) is 7.71. The molecule has 4 saturated carbocycles. The van der Waals surface area contributed by atoms with Crippen LogP contribution in [0, 0.1) is 23.7 Å². The largest absolute Gasteiger partial charge is 0.481 e. The fraction of sp³-hybridized carbons (Fsp3) is 0.800. The smallest absolute Gasteiger partial charge is 0.311 e. The monoisotopic (exact) mass is 275 g/mol. The summed E-state index contributed by atoms with van der Waals surface area (Å²) in [4.78, 5) is 15.4. The highest BCUT2D eigenvalue weighted by Crippen LogP contribution is 2.59. The maximum absolute atomic E-state index is 10.8. The Bertz CT molecular complexity index is 523. The minimum Gasteiger partial charge on any atom is -0.481 e. The second-order valence-electron chi connectivity index (χ2n) is 7.04. The molecule has 4 aliphatic carbocycles. The Labute approximate surface area is 118 Å². The normalized spacial score (nSPS) is 38.4. The Balaban J connectivity index is 1.64. The van der Waals surface area contributed by atoms with E-state index >= 15 is 0 Å². The molecule has 0 spiro atoms. The van der Waals surface area contributed by atoms with Crippen molar-refractivity contribution in [1.82, 2.24) is 14.8 Å². The molecular formula is C15H21N3O2. The van der Waals surface area contributed by atoms with Gasteiger partial charge in [0.25, 0.3) is 0 Å². The second kappa shape index (κ2) is 4.30. The fourth-order valence-corrected chi connectivity index (χ4v) is 5.30. The van der Waals surface area contributed by atoms with Crippen LogP contribution in [-0.2, 0) is 18.3 Å². The summed E-state index contributed by atoms with van der Waals surface area (Å²) in [5.74, 6) is 4.56. The summed E-state index contributed by atoms with van der Waals surface area (Å²) in [6, 6.07) is 0. The molecule has 4 fully saturated rings. The van der Waals surface area contributed by atoms with E-state index in [0.717, 1.165) is 29.5 Å². The summed E-state index contributed by atoms with van der Waals surface area (Å²) in [6.45, 7) is 0. The minimum atomic E-state index is -0.854. The number of rotatable bonds is 3. The molecule has 4 bridgehead atoms. The van der Waals surface area contributed by atoms with Gasteiger partial charge in [0, 0.05) is 13.0 Å². The van der Waals surface area contributed by atoms with Gasteiger partial charge in [-0.3, -0.25) is 9.48 Å². The lowest BCUT2D eigenvalue weighted by Gasteiger charge is -2.53. The van der Waals surface area contributed by atoms with E-state index in [0.29, 0.717) is 11.7 Å². The van der Waals surface area contributed by atoms with Gasteiger partial charge in [-0.05, 0) is 55.8 Å². The molecule has 20 heavy (non-hydrogen) atoms. The van der Waals surface area contributed by atoms with Crippen molar-refractivity contribution in [3.63, 3.8) is 0 Å². The van der Waals surface area contributed by atoms with E-state index in [-0.39, 0.29) is 6.42 Å². The van der Waals surface area contributed by atoms with Crippen molar-refractivity contribution in [2.75, 3.05) is 0 Å². The number of aryl methyl sites for hydroxylation is 1. The van der Waals surface area contributed by atoms with Crippen molar-refractivity contribution in [2.45, 2.75) is 44.4 Å². The number of hydrogen-bond acceptors (Lipinski definition) is 3. The predicted octanol–water partition coefficient (Wildman–Crippen LogP) is 1.98. The molecule has 1 N–H and O–H groups in total. The molecular weight excluding hydrogens is 254 g/mol. The first-order valence-corrected chi connectivity index (χ1v) is 7.71. The van der Waals surface area contributed by atoms with Crippen molar-refractivity contribution in [3.05, 3.63) is 11.6 Å². The van der Waals surface area contributed by atoms with Gasteiger partial charge < -0.3 is 5.11 Å². The Morgan fingerprint density at radius 3 is 2.35 bits per heavy atom. The molecule has 0 saturated heterocycles. The van der Waals surface area contributed by atoms with Crippen molar-refractivity contribution in [1.29, 1.82) is 0 Å². The van der Waals surface area contributed by atoms with Crippen LogP contribution in [0.4, 0.5) is 0 Å². The quantitative estimate of drug-likeness (QED) is 0.916. The highest BCUT2D eigenvalue weighted by Gasteiger charge is 2.50. The number of aromatic nitrogens is 3. The molecule has 108 valence electrons. The van der Waals surface area contributed by atoms with Crippen LogP contribution in [0.5, 0.6) is 0 Å². The zero-order valence-electron chi connectivity index (χ0n) is 11.8. The van der Waals surface area contributed by atoms with Crippen LogP contribution in [0.25, 0.3) is 0 Å². The molecule has 0 radical (unpaired) electrons. The van der Waals surface area contributed by atoms with Crippen molar-refractivity contribution in [2.24, 2.45) is 30.7 Å². The molecule has 4 aliphatic rings. The number of carboxylic acid groups (broad SMARTS) is 1. The van der Waals surface area contributed by atoms with Gasteiger partial charge in [0.15, 0.2) is 5.82 Å². The summed E-state index contributed by atoms with van der Waals surface area (Å²) in [5, 5.41) is 13.2. The standard InChI is InChI=1S/C15H21N3O2/c1-18-15(16-12(17-18)7-13(19)20)14-10-3-8-2-9(5-10)6-11(14)4-8/h8-11,14H,2-7H2,1H3,(H,19,20). The van der Waals surface area contributed by atoms with Gasteiger partial charge >= 0.3 is 5.97 Å². The molecule has 1 aromatic heterocycles. The summed E-state index contributed by atoms with van der Waals surface area (Å²) < 4.78 is 1.84. The molecule has 5 nitrogen and oxygen atoms in total. The number of aliphatic carboxylic acids is 1. The molecule has 5 rings (SSSR count). The molecule has 0 unspecified atom stereocenters. The highest BCUT2D eigenvalue weighted by molar-refractivity contribution is 5.68. The molecule has 0 atom stereocenters. The molecule has 1 aromatic rings. The van der Waals surface area contributed by atoms with Gasteiger partial charge in [0.05, 0.1) is 0 Å². The number of carboxylic acids is 1. The third kappa shape index (κ3) is 1.86. The Kier molecular flexibility index (Phi) is 2.66. The lowest BCUT2D eigenvalue weighted by Crippen LogP contribution is -2.44. The van der Waals surface area contributed by atoms with Gasteiger partial charge in [-0.2, -0.15) is 5.10 Å². The zero-order valence-corrected chi connectivity index (χ0v) is 11.8. The predicted molar refractivity (Wildman–Crippen MR) is 72.1 cm³/mol. The van der Waals surface area contributed by atoms with Crippen molar-refractivity contribution in [3.8, 4) is 0 Å². The summed E-state index contributed by atoms with van der Waals surface area (Å²) in [6.07, 6.45) is 6.76. The fourth-order valence-electron chi connectivity index (χ4n) is 5.30. The van der Waals surface area contributed by atoms with Gasteiger partial charge in [0.2, 0.25) is 0 Å². The average molecular weight is 275 g/mol. The van der Waals surface area contributed by atoms with E-state index in [9.17, 15) is 4.79 Å². The molecule has 1 heterocycles.